The smallest absolute Gasteiger partial charge is 0.318 e. The standard InChI is InChI=1S/C21H23N5O5S/c1-21(16-6-3-2-4-7-16)19(28)26(20(29)23-21)24-18(27)15-9-12-25(13-10-15)32(30,31)17-8-5-11-22-14-17/h2-8,11,14-15H,9-10,12-13H2,1H3,(H,23,29)(H,24,27). The maximum absolute atomic E-state index is 12.9. The van der Waals surface area contributed by atoms with Gasteiger partial charge in [0.05, 0.1) is 0 Å². The monoisotopic (exact) mass is 457 g/mol. The van der Waals surface area contributed by atoms with Crippen LogP contribution in [0.4, 0.5) is 4.79 Å². The molecule has 2 aliphatic rings. The first-order valence-electron chi connectivity index (χ1n) is 10.2. The van der Waals surface area contributed by atoms with Crippen molar-refractivity contribution in [2.24, 2.45) is 5.92 Å². The van der Waals surface area contributed by atoms with Crippen molar-refractivity contribution in [1.29, 1.82) is 0 Å². The molecule has 0 aliphatic carbocycles. The maximum atomic E-state index is 12.9. The average molecular weight is 458 g/mol. The van der Waals surface area contributed by atoms with Crippen LogP contribution in [-0.2, 0) is 25.2 Å². The summed E-state index contributed by atoms with van der Waals surface area (Å²) < 4.78 is 26.7. The molecule has 4 rings (SSSR count). The molecule has 1 atom stereocenters. The Balaban J connectivity index is 1.39. The van der Waals surface area contributed by atoms with Gasteiger partial charge in [0.1, 0.15) is 10.4 Å². The van der Waals surface area contributed by atoms with E-state index in [1.165, 1.54) is 22.8 Å². The summed E-state index contributed by atoms with van der Waals surface area (Å²) >= 11 is 0. The van der Waals surface area contributed by atoms with Crippen LogP contribution in [0.1, 0.15) is 25.3 Å². The molecule has 1 aromatic heterocycles. The molecule has 2 aromatic rings. The Kier molecular flexibility index (Phi) is 5.70. The Bertz CT molecular complexity index is 1130. The Labute approximate surface area is 185 Å². The fraction of sp³-hybridized carbons (Fsp3) is 0.333. The van der Waals surface area contributed by atoms with Gasteiger partial charge in [-0.15, -0.1) is 0 Å². The van der Waals surface area contributed by atoms with Gasteiger partial charge in [0.15, 0.2) is 0 Å². The molecule has 2 N–H and O–H groups in total. The highest BCUT2D eigenvalue weighted by Gasteiger charge is 2.50. The highest BCUT2D eigenvalue weighted by molar-refractivity contribution is 7.89. The summed E-state index contributed by atoms with van der Waals surface area (Å²) in [6.45, 7) is 1.88. The first kappa shape index (κ1) is 21.9. The van der Waals surface area contributed by atoms with E-state index in [0.717, 1.165) is 0 Å². The van der Waals surface area contributed by atoms with E-state index < -0.39 is 39.3 Å². The van der Waals surface area contributed by atoms with Gasteiger partial charge < -0.3 is 5.32 Å². The normalized spacial score (nSPS) is 22.6. The van der Waals surface area contributed by atoms with E-state index in [1.54, 1.807) is 43.3 Å². The average Bonchev–Trinajstić information content (AvgIpc) is 3.04. The van der Waals surface area contributed by atoms with Crippen LogP contribution in [0.25, 0.3) is 0 Å². The Hall–Kier alpha value is -3.31. The maximum Gasteiger partial charge on any atom is 0.344 e. The summed E-state index contributed by atoms with van der Waals surface area (Å²) in [6.07, 6.45) is 3.32. The largest absolute Gasteiger partial charge is 0.344 e. The van der Waals surface area contributed by atoms with Crippen LogP contribution < -0.4 is 10.7 Å². The molecule has 3 heterocycles. The zero-order chi connectivity index (χ0) is 22.9. The SMILES string of the molecule is CC1(c2ccccc2)NC(=O)N(NC(=O)C2CCN(S(=O)(=O)c3cccnc3)CC2)C1=O. The fourth-order valence-corrected chi connectivity index (χ4v) is 5.35. The molecule has 0 radical (unpaired) electrons. The van der Waals surface area contributed by atoms with E-state index >= 15 is 0 Å². The minimum absolute atomic E-state index is 0.0995. The molecule has 11 heteroatoms. The molecule has 168 valence electrons. The van der Waals surface area contributed by atoms with E-state index in [1.807, 2.05) is 0 Å². The van der Waals surface area contributed by atoms with Crippen molar-refractivity contribution in [2.45, 2.75) is 30.2 Å². The number of carbonyl (C=O) groups is 3. The minimum Gasteiger partial charge on any atom is -0.318 e. The molecule has 2 saturated heterocycles. The van der Waals surface area contributed by atoms with Gasteiger partial charge in [-0.05, 0) is 37.5 Å². The third-order valence-electron chi connectivity index (χ3n) is 5.86. The lowest BCUT2D eigenvalue weighted by Crippen LogP contribution is -2.51. The van der Waals surface area contributed by atoms with E-state index in [0.29, 0.717) is 10.6 Å². The fourth-order valence-electron chi connectivity index (χ4n) is 3.92. The van der Waals surface area contributed by atoms with E-state index in [-0.39, 0.29) is 30.8 Å². The number of hydrogen-bond donors (Lipinski definition) is 2. The third kappa shape index (κ3) is 3.84. The molecular weight excluding hydrogens is 434 g/mol. The number of carbonyl (C=O) groups excluding carboxylic acids is 3. The summed E-state index contributed by atoms with van der Waals surface area (Å²) in [5.74, 6) is -1.61. The van der Waals surface area contributed by atoms with Gasteiger partial charge in [-0.1, -0.05) is 30.3 Å². The molecule has 0 spiro atoms. The molecule has 1 unspecified atom stereocenters. The van der Waals surface area contributed by atoms with Gasteiger partial charge in [-0.2, -0.15) is 9.31 Å². The van der Waals surface area contributed by atoms with Crippen molar-refractivity contribution in [3.8, 4) is 0 Å². The molecule has 10 nitrogen and oxygen atoms in total. The second-order valence-electron chi connectivity index (χ2n) is 7.90. The molecule has 32 heavy (non-hydrogen) atoms. The lowest BCUT2D eigenvalue weighted by atomic mass is 9.92. The van der Waals surface area contributed by atoms with Crippen LogP contribution >= 0.6 is 0 Å². The minimum atomic E-state index is -3.69. The Morgan fingerprint density at radius 1 is 1.12 bits per heavy atom. The quantitative estimate of drug-likeness (QED) is 0.644. The number of amides is 4. The number of imide groups is 1. The number of benzene rings is 1. The van der Waals surface area contributed by atoms with Crippen molar-refractivity contribution >= 4 is 27.9 Å². The Morgan fingerprint density at radius 2 is 1.81 bits per heavy atom. The molecule has 0 bridgehead atoms. The number of sulfonamides is 1. The molecule has 4 amide bonds. The number of urea groups is 1. The highest BCUT2D eigenvalue weighted by Crippen LogP contribution is 2.28. The predicted molar refractivity (Wildman–Crippen MR) is 113 cm³/mol. The number of hydrogen-bond acceptors (Lipinski definition) is 6. The van der Waals surface area contributed by atoms with Gasteiger partial charge in [0.2, 0.25) is 15.9 Å². The van der Waals surface area contributed by atoms with Crippen LogP contribution in [0.2, 0.25) is 0 Å². The van der Waals surface area contributed by atoms with Crippen molar-refractivity contribution in [3.63, 3.8) is 0 Å². The van der Waals surface area contributed by atoms with Crippen LogP contribution in [0.5, 0.6) is 0 Å². The number of pyridine rings is 1. The number of aromatic nitrogens is 1. The number of rotatable bonds is 5. The predicted octanol–water partition coefficient (Wildman–Crippen LogP) is 0.981. The topological polar surface area (TPSA) is 129 Å². The van der Waals surface area contributed by atoms with Crippen molar-refractivity contribution in [3.05, 3.63) is 60.4 Å². The Morgan fingerprint density at radius 3 is 2.44 bits per heavy atom. The molecule has 0 saturated carbocycles. The summed E-state index contributed by atoms with van der Waals surface area (Å²) in [4.78, 5) is 42.1. The van der Waals surface area contributed by atoms with E-state index in [9.17, 15) is 22.8 Å². The van der Waals surface area contributed by atoms with Gasteiger partial charge in [-0.3, -0.25) is 20.0 Å². The van der Waals surface area contributed by atoms with Crippen LogP contribution in [0.3, 0.4) is 0 Å². The molecular formula is C21H23N5O5S. The summed E-state index contributed by atoms with van der Waals surface area (Å²) in [7, 11) is -3.69. The second-order valence-corrected chi connectivity index (χ2v) is 9.84. The first-order chi connectivity index (χ1) is 15.2. The lowest BCUT2D eigenvalue weighted by molar-refractivity contribution is -0.141. The zero-order valence-electron chi connectivity index (χ0n) is 17.4. The lowest BCUT2D eigenvalue weighted by Gasteiger charge is -2.31. The summed E-state index contributed by atoms with van der Waals surface area (Å²) in [6, 6.07) is 11.1. The van der Waals surface area contributed by atoms with Crippen molar-refractivity contribution < 1.29 is 22.8 Å². The van der Waals surface area contributed by atoms with Gasteiger partial charge in [-0.25, -0.2) is 13.2 Å². The molecule has 1 aromatic carbocycles. The van der Waals surface area contributed by atoms with Crippen molar-refractivity contribution in [2.75, 3.05) is 13.1 Å². The summed E-state index contributed by atoms with van der Waals surface area (Å²) in [5, 5.41) is 3.33. The first-order valence-corrected chi connectivity index (χ1v) is 11.6. The number of hydrazine groups is 1. The van der Waals surface area contributed by atoms with Gasteiger partial charge in [0, 0.05) is 31.4 Å². The second kappa shape index (κ2) is 8.32. The van der Waals surface area contributed by atoms with Gasteiger partial charge >= 0.3 is 6.03 Å². The molecule has 2 fully saturated rings. The zero-order valence-corrected chi connectivity index (χ0v) is 18.2. The van der Waals surface area contributed by atoms with Crippen LogP contribution in [0.15, 0.2) is 59.8 Å². The van der Waals surface area contributed by atoms with E-state index in [4.69, 9.17) is 0 Å². The molecule has 2 aliphatic heterocycles. The van der Waals surface area contributed by atoms with E-state index in [2.05, 4.69) is 15.7 Å². The number of nitrogens with zero attached hydrogens (tertiary/aromatic N) is 3. The van der Waals surface area contributed by atoms with Crippen LogP contribution in [-0.4, -0.2) is 53.7 Å². The number of piperidine rings is 1. The van der Waals surface area contributed by atoms with Crippen LogP contribution in [0, 0.1) is 5.92 Å². The van der Waals surface area contributed by atoms with Crippen molar-refractivity contribution in [1.82, 2.24) is 25.0 Å². The number of nitrogens with one attached hydrogen (secondary N) is 2. The third-order valence-corrected chi connectivity index (χ3v) is 7.74. The highest BCUT2D eigenvalue weighted by atomic mass is 32.2. The summed E-state index contributed by atoms with van der Waals surface area (Å²) in [5.41, 5.74) is 1.73. The van der Waals surface area contributed by atoms with Gasteiger partial charge in [0.25, 0.3) is 5.91 Å².